The molecule has 1 aromatic carbocycles. The molecule has 1 atom stereocenters. The number of anilines is 1. The lowest BCUT2D eigenvalue weighted by atomic mass is 9.93. The predicted molar refractivity (Wildman–Crippen MR) is 68.2 cm³/mol. The predicted octanol–water partition coefficient (Wildman–Crippen LogP) is -0.260. The molecule has 1 aromatic rings. The molecule has 4 N–H and O–H groups in total. The van der Waals surface area contributed by atoms with E-state index in [0.29, 0.717) is 13.0 Å². The molecule has 0 aromatic heterocycles. The van der Waals surface area contributed by atoms with Crippen molar-refractivity contribution < 1.29 is 15.0 Å². The maximum atomic E-state index is 12.0. The minimum atomic E-state index is -0.574. The van der Waals surface area contributed by atoms with Gasteiger partial charge < -0.3 is 20.8 Å². The number of fused-ring (bicyclic) bond motifs is 1. The molecule has 0 saturated heterocycles. The van der Waals surface area contributed by atoms with Crippen LogP contribution in [0, 0.1) is 5.92 Å². The lowest BCUT2D eigenvalue weighted by molar-refractivity contribution is -0.126. The quantitative estimate of drug-likeness (QED) is 0.593. The van der Waals surface area contributed by atoms with E-state index in [4.69, 9.17) is 10.2 Å². The van der Waals surface area contributed by atoms with Gasteiger partial charge in [0.15, 0.2) is 0 Å². The molecule has 0 radical (unpaired) electrons. The van der Waals surface area contributed by atoms with Gasteiger partial charge in [0.05, 0.1) is 25.2 Å². The van der Waals surface area contributed by atoms with E-state index in [2.05, 4.69) is 10.6 Å². The van der Waals surface area contributed by atoms with E-state index in [1.165, 1.54) is 0 Å². The van der Waals surface area contributed by atoms with Crippen LogP contribution in [0.5, 0.6) is 0 Å². The number of para-hydroxylation sites is 1. The smallest absolute Gasteiger partial charge is 0.225 e. The van der Waals surface area contributed by atoms with Crippen molar-refractivity contribution in [1.29, 1.82) is 0 Å². The van der Waals surface area contributed by atoms with Gasteiger partial charge in [-0.1, -0.05) is 18.2 Å². The van der Waals surface area contributed by atoms with E-state index in [9.17, 15) is 4.79 Å². The Morgan fingerprint density at radius 2 is 2.11 bits per heavy atom. The van der Waals surface area contributed by atoms with Crippen LogP contribution in [0.15, 0.2) is 24.3 Å². The molecule has 5 heteroatoms. The molecular weight excluding hydrogens is 232 g/mol. The summed E-state index contributed by atoms with van der Waals surface area (Å²) in [6, 6.07) is 7.32. The highest BCUT2D eigenvalue weighted by Gasteiger charge is 2.25. The highest BCUT2D eigenvalue weighted by Crippen LogP contribution is 2.24. The van der Waals surface area contributed by atoms with Crippen molar-refractivity contribution in [3.8, 4) is 0 Å². The Balaban J connectivity index is 1.98. The molecular formula is C13H18N2O3. The number of rotatable bonds is 4. The van der Waals surface area contributed by atoms with Crippen molar-refractivity contribution >= 4 is 11.6 Å². The average molecular weight is 250 g/mol. The zero-order chi connectivity index (χ0) is 13.0. The maximum absolute atomic E-state index is 12.0. The number of aliphatic hydroxyl groups excluding tert-OH is 2. The van der Waals surface area contributed by atoms with Gasteiger partial charge in [-0.05, 0) is 18.1 Å². The lowest BCUT2D eigenvalue weighted by Gasteiger charge is -2.26. The molecule has 2 rings (SSSR count). The fourth-order valence-corrected chi connectivity index (χ4v) is 2.09. The molecule has 5 nitrogen and oxygen atoms in total. The standard InChI is InChI=1S/C13H18N2O3/c16-7-11(8-17)15-13(18)10-5-9-3-1-2-4-12(9)14-6-10/h1-4,10-11,14,16-17H,5-8H2,(H,15,18). The molecule has 0 fully saturated rings. The minimum absolute atomic E-state index is 0.134. The monoisotopic (exact) mass is 250 g/mol. The number of hydrogen-bond donors (Lipinski definition) is 4. The summed E-state index contributed by atoms with van der Waals surface area (Å²) < 4.78 is 0. The number of amides is 1. The summed E-state index contributed by atoms with van der Waals surface area (Å²) in [5.41, 5.74) is 2.19. The zero-order valence-corrected chi connectivity index (χ0v) is 10.1. The van der Waals surface area contributed by atoms with Gasteiger partial charge in [-0.15, -0.1) is 0 Å². The van der Waals surface area contributed by atoms with Crippen molar-refractivity contribution in [3.63, 3.8) is 0 Å². The Bertz CT molecular complexity index is 418. The number of aliphatic hydroxyl groups is 2. The van der Waals surface area contributed by atoms with E-state index in [-0.39, 0.29) is 25.0 Å². The first-order valence-corrected chi connectivity index (χ1v) is 6.08. The molecule has 1 aliphatic heterocycles. The van der Waals surface area contributed by atoms with E-state index >= 15 is 0 Å². The second-order valence-corrected chi connectivity index (χ2v) is 4.51. The Morgan fingerprint density at radius 1 is 1.39 bits per heavy atom. The number of carbonyl (C=O) groups excluding carboxylic acids is 1. The molecule has 98 valence electrons. The lowest BCUT2D eigenvalue weighted by Crippen LogP contribution is -2.46. The first-order chi connectivity index (χ1) is 8.74. The summed E-state index contributed by atoms with van der Waals surface area (Å²) in [6.45, 7) is 0.0738. The van der Waals surface area contributed by atoms with Crippen molar-refractivity contribution in [2.45, 2.75) is 12.5 Å². The van der Waals surface area contributed by atoms with Gasteiger partial charge in [-0.2, -0.15) is 0 Å². The first-order valence-electron chi connectivity index (χ1n) is 6.08. The van der Waals surface area contributed by atoms with Crippen LogP contribution in [-0.2, 0) is 11.2 Å². The number of carbonyl (C=O) groups is 1. The molecule has 0 bridgehead atoms. The largest absolute Gasteiger partial charge is 0.394 e. The molecule has 1 aliphatic rings. The Kier molecular flexibility index (Phi) is 4.17. The topological polar surface area (TPSA) is 81.6 Å². The molecule has 0 spiro atoms. The molecule has 18 heavy (non-hydrogen) atoms. The summed E-state index contributed by atoms with van der Waals surface area (Å²) in [6.07, 6.45) is 0.679. The molecule has 0 saturated carbocycles. The van der Waals surface area contributed by atoms with Crippen molar-refractivity contribution in [1.82, 2.24) is 5.32 Å². The fourth-order valence-electron chi connectivity index (χ4n) is 2.09. The van der Waals surface area contributed by atoms with Crippen LogP contribution in [-0.4, -0.2) is 41.9 Å². The van der Waals surface area contributed by atoms with Gasteiger partial charge >= 0.3 is 0 Å². The van der Waals surface area contributed by atoms with Crippen LogP contribution >= 0.6 is 0 Å². The van der Waals surface area contributed by atoms with Crippen LogP contribution in [0.3, 0.4) is 0 Å². The fraction of sp³-hybridized carbons (Fsp3) is 0.462. The number of hydrogen-bond acceptors (Lipinski definition) is 4. The van der Waals surface area contributed by atoms with E-state index in [0.717, 1.165) is 11.3 Å². The summed E-state index contributed by atoms with van der Waals surface area (Å²) in [5.74, 6) is -0.300. The Labute approximate surface area is 106 Å². The summed E-state index contributed by atoms with van der Waals surface area (Å²) >= 11 is 0. The van der Waals surface area contributed by atoms with Crippen LogP contribution in [0.2, 0.25) is 0 Å². The third-order valence-electron chi connectivity index (χ3n) is 3.18. The first kappa shape index (κ1) is 12.9. The van der Waals surface area contributed by atoms with Crippen LogP contribution in [0.1, 0.15) is 5.56 Å². The van der Waals surface area contributed by atoms with Gasteiger partial charge in [0, 0.05) is 12.2 Å². The highest BCUT2D eigenvalue weighted by molar-refractivity contribution is 5.81. The van der Waals surface area contributed by atoms with Crippen molar-refractivity contribution in [3.05, 3.63) is 29.8 Å². The van der Waals surface area contributed by atoms with Gasteiger partial charge in [-0.3, -0.25) is 4.79 Å². The Morgan fingerprint density at radius 3 is 2.83 bits per heavy atom. The van der Waals surface area contributed by atoms with Gasteiger partial charge in [-0.25, -0.2) is 0 Å². The summed E-state index contributed by atoms with van der Waals surface area (Å²) in [5, 5.41) is 23.7. The van der Waals surface area contributed by atoms with Crippen molar-refractivity contribution in [2.75, 3.05) is 25.1 Å². The van der Waals surface area contributed by atoms with Crippen LogP contribution in [0.4, 0.5) is 5.69 Å². The third kappa shape index (κ3) is 2.80. The molecule has 1 amide bonds. The summed E-state index contributed by atoms with van der Waals surface area (Å²) in [7, 11) is 0. The van der Waals surface area contributed by atoms with Crippen LogP contribution in [0.25, 0.3) is 0 Å². The second-order valence-electron chi connectivity index (χ2n) is 4.51. The van der Waals surface area contributed by atoms with Crippen LogP contribution < -0.4 is 10.6 Å². The minimum Gasteiger partial charge on any atom is -0.394 e. The molecule has 0 aliphatic carbocycles. The van der Waals surface area contributed by atoms with E-state index < -0.39 is 6.04 Å². The Hall–Kier alpha value is -1.59. The zero-order valence-electron chi connectivity index (χ0n) is 10.1. The average Bonchev–Trinajstić information content (AvgIpc) is 2.44. The molecule has 1 unspecified atom stereocenters. The summed E-state index contributed by atoms with van der Waals surface area (Å²) in [4.78, 5) is 12.0. The van der Waals surface area contributed by atoms with E-state index in [1.807, 2.05) is 24.3 Å². The second kappa shape index (κ2) is 5.84. The normalized spacial score (nSPS) is 18.1. The third-order valence-corrected chi connectivity index (χ3v) is 3.18. The van der Waals surface area contributed by atoms with Gasteiger partial charge in [0.1, 0.15) is 0 Å². The van der Waals surface area contributed by atoms with Gasteiger partial charge in [0.25, 0.3) is 0 Å². The van der Waals surface area contributed by atoms with Crippen molar-refractivity contribution in [2.24, 2.45) is 5.92 Å². The van der Waals surface area contributed by atoms with Gasteiger partial charge in [0.2, 0.25) is 5.91 Å². The SMILES string of the molecule is O=C(NC(CO)CO)C1CNc2ccccc2C1. The number of benzene rings is 1. The number of nitrogens with one attached hydrogen (secondary N) is 2. The molecule has 1 heterocycles. The highest BCUT2D eigenvalue weighted by atomic mass is 16.3. The maximum Gasteiger partial charge on any atom is 0.225 e. The van der Waals surface area contributed by atoms with E-state index in [1.54, 1.807) is 0 Å².